The van der Waals surface area contributed by atoms with Crippen LogP contribution in [0.4, 0.5) is 37.7 Å². The molecule has 0 aliphatic carbocycles. The van der Waals surface area contributed by atoms with E-state index in [1.54, 1.807) is 11.0 Å². The zero-order chi connectivity index (χ0) is 27.0. The first-order chi connectivity index (χ1) is 17.3. The maximum atomic E-state index is 13.2. The molecule has 1 saturated heterocycles. The van der Waals surface area contributed by atoms with Crippen LogP contribution in [0, 0.1) is 0 Å². The van der Waals surface area contributed by atoms with Crippen molar-refractivity contribution in [2.45, 2.75) is 36.5 Å². The van der Waals surface area contributed by atoms with E-state index in [1.807, 2.05) is 16.4 Å². The largest absolute Gasteiger partial charge is 0.481 e. The minimum Gasteiger partial charge on any atom is -0.481 e. The van der Waals surface area contributed by atoms with E-state index in [2.05, 4.69) is 0 Å². The number of carboxylic acids is 1. The van der Waals surface area contributed by atoms with Crippen LogP contribution in [0.3, 0.4) is 0 Å². The molecule has 0 atom stereocenters. The van der Waals surface area contributed by atoms with Crippen molar-refractivity contribution in [3.05, 3.63) is 53.1 Å². The van der Waals surface area contributed by atoms with Crippen molar-refractivity contribution in [3.8, 4) is 0 Å². The molecule has 1 amide bonds. The minimum atomic E-state index is -4.89. The number of amides is 1. The van der Waals surface area contributed by atoms with Crippen LogP contribution < -0.4 is 9.80 Å². The highest BCUT2D eigenvalue weighted by Gasteiger charge is 2.37. The topological polar surface area (TPSA) is 64.1 Å². The number of hydrogen-bond acceptors (Lipinski definition) is 5. The molecular formula is C24H23F6N3O3S. The Bertz CT molecular complexity index is 1150. The average molecular weight is 548 g/mol. The summed E-state index contributed by atoms with van der Waals surface area (Å²) in [6.45, 7) is 1.81. The molecule has 2 aromatic carbocycles. The predicted molar refractivity (Wildman–Crippen MR) is 125 cm³/mol. The smallest absolute Gasteiger partial charge is 0.416 e. The van der Waals surface area contributed by atoms with Gasteiger partial charge in [0.1, 0.15) is 0 Å². The van der Waals surface area contributed by atoms with E-state index < -0.39 is 29.4 Å². The number of carboxylic acid groups (broad SMARTS) is 1. The summed E-state index contributed by atoms with van der Waals surface area (Å²) < 4.78 is 81.2. The van der Waals surface area contributed by atoms with Gasteiger partial charge in [-0.25, -0.2) is 4.31 Å². The fraction of sp³-hybridized carbons (Fsp3) is 0.417. The predicted octanol–water partition coefficient (Wildman–Crippen LogP) is 5.31. The van der Waals surface area contributed by atoms with Crippen LogP contribution in [-0.4, -0.2) is 54.0 Å². The summed E-state index contributed by atoms with van der Waals surface area (Å²) in [5, 5.41) is 8.79. The molecule has 2 aliphatic heterocycles. The van der Waals surface area contributed by atoms with Crippen LogP contribution in [0.15, 0.2) is 41.3 Å². The number of anilines is 2. The van der Waals surface area contributed by atoms with Gasteiger partial charge in [0.05, 0.1) is 17.5 Å². The Morgan fingerprint density at radius 2 is 1.46 bits per heavy atom. The van der Waals surface area contributed by atoms with E-state index in [9.17, 15) is 35.9 Å². The first kappa shape index (κ1) is 27.1. The standard InChI is InChI=1S/C24H23F6N3O3S/c25-23(26,27)16-12-17(24(28,29)30)14-18(13-16)31-7-9-32(10-8-31)37-19-1-2-20-15(11-19)5-6-33(20)21(34)3-4-22(35)36/h1-2,11-14H,3-10H2,(H,35,36). The SMILES string of the molecule is O=C(O)CCC(=O)N1CCc2cc(SN3CCN(c4cc(C(F)(F)F)cc(C(F)(F)F)c4)CC3)ccc21. The number of halogens is 6. The number of carbonyl (C=O) groups is 2. The third-order valence-corrected chi connectivity index (χ3v) is 7.30. The Kier molecular flexibility index (Phi) is 7.65. The molecule has 13 heteroatoms. The molecule has 0 saturated carbocycles. The van der Waals surface area contributed by atoms with E-state index in [-0.39, 0.29) is 43.6 Å². The van der Waals surface area contributed by atoms with Gasteiger partial charge in [0.2, 0.25) is 5.91 Å². The number of hydrogen-bond donors (Lipinski definition) is 1. The molecule has 1 N–H and O–H groups in total. The van der Waals surface area contributed by atoms with Crippen LogP contribution in [-0.2, 0) is 28.4 Å². The molecule has 37 heavy (non-hydrogen) atoms. The molecule has 2 aromatic rings. The second-order valence-electron chi connectivity index (χ2n) is 8.75. The van der Waals surface area contributed by atoms with Crippen molar-refractivity contribution < 1.29 is 41.0 Å². The number of rotatable bonds is 6. The molecule has 1 fully saturated rings. The lowest BCUT2D eigenvalue weighted by atomic mass is 10.1. The zero-order valence-electron chi connectivity index (χ0n) is 19.4. The van der Waals surface area contributed by atoms with Gasteiger partial charge >= 0.3 is 18.3 Å². The molecule has 0 radical (unpaired) electrons. The van der Waals surface area contributed by atoms with Crippen LogP contribution in [0.1, 0.15) is 29.5 Å². The maximum Gasteiger partial charge on any atom is 0.416 e. The van der Waals surface area contributed by atoms with Crippen LogP contribution in [0.25, 0.3) is 0 Å². The lowest BCUT2D eigenvalue weighted by molar-refractivity contribution is -0.143. The van der Waals surface area contributed by atoms with Crippen LogP contribution >= 0.6 is 11.9 Å². The Labute approximate surface area is 213 Å². The van der Waals surface area contributed by atoms with Crippen molar-refractivity contribution in [2.24, 2.45) is 0 Å². The molecular weight excluding hydrogens is 524 g/mol. The Morgan fingerprint density at radius 1 is 0.838 bits per heavy atom. The van der Waals surface area contributed by atoms with E-state index in [4.69, 9.17) is 5.11 Å². The quantitative estimate of drug-likeness (QED) is 0.391. The van der Waals surface area contributed by atoms with Crippen molar-refractivity contribution in [2.75, 3.05) is 42.5 Å². The normalized spacial score (nSPS) is 16.7. The van der Waals surface area contributed by atoms with Crippen LogP contribution in [0.2, 0.25) is 0 Å². The van der Waals surface area contributed by atoms with E-state index in [1.165, 1.54) is 16.8 Å². The monoisotopic (exact) mass is 547 g/mol. The van der Waals surface area contributed by atoms with Gasteiger partial charge in [-0.15, -0.1) is 0 Å². The number of carbonyl (C=O) groups excluding carboxylic acids is 1. The van der Waals surface area contributed by atoms with Gasteiger partial charge in [0, 0.05) is 55.4 Å². The van der Waals surface area contributed by atoms with Gasteiger partial charge in [0.15, 0.2) is 0 Å². The summed E-state index contributed by atoms with van der Waals surface area (Å²) in [4.78, 5) is 27.1. The number of aliphatic carboxylic acids is 1. The van der Waals surface area contributed by atoms with Crippen LogP contribution in [0.5, 0.6) is 0 Å². The fourth-order valence-corrected chi connectivity index (χ4v) is 5.32. The average Bonchev–Trinajstić information content (AvgIpc) is 3.25. The Morgan fingerprint density at radius 3 is 2.03 bits per heavy atom. The molecule has 0 unspecified atom stereocenters. The molecule has 0 aromatic heterocycles. The van der Waals surface area contributed by atoms with E-state index in [0.29, 0.717) is 26.1 Å². The van der Waals surface area contributed by atoms with Crippen molar-refractivity contribution >= 4 is 35.2 Å². The van der Waals surface area contributed by atoms with Crippen molar-refractivity contribution in [1.82, 2.24) is 4.31 Å². The Hall–Kier alpha value is -2.93. The number of alkyl halides is 6. The van der Waals surface area contributed by atoms with Gasteiger partial charge in [-0.05, 0) is 60.3 Å². The molecule has 2 heterocycles. The fourth-order valence-electron chi connectivity index (χ4n) is 4.35. The number of nitrogens with zero attached hydrogens (tertiary/aromatic N) is 3. The van der Waals surface area contributed by atoms with Gasteiger partial charge in [-0.1, -0.05) is 0 Å². The van der Waals surface area contributed by atoms with Crippen molar-refractivity contribution in [3.63, 3.8) is 0 Å². The summed E-state index contributed by atoms with van der Waals surface area (Å²) in [5.41, 5.74) is -1.08. The Balaban J connectivity index is 1.39. The summed E-state index contributed by atoms with van der Waals surface area (Å²) >= 11 is 1.43. The molecule has 4 rings (SSSR count). The summed E-state index contributed by atoms with van der Waals surface area (Å²) in [7, 11) is 0. The summed E-state index contributed by atoms with van der Waals surface area (Å²) in [6.07, 6.45) is -9.46. The van der Waals surface area contributed by atoms with Gasteiger partial charge in [-0.2, -0.15) is 26.3 Å². The minimum absolute atomic E-state index is 0.0775. The summed E-state index contributed by atoms with van der Waals surface area (Å²) in [6, 6.07) is 7.22. The summed E-state index contributed by atoms with van der Waals surface area (Å²) in [5.74, 6) is -1.28. The van der Waals surface area contributed by atoms with Gasteiger partial charge < -0.3 is 14.9 Å². The zero-order valence-corrected chi connectivity index (χ0v) is 20.2. The third kappa shape index (κ3) is 6.50. The van der Waals surface area contributed by atoms with Crippen molar-refractivity contribution in [1.29, 1.82) is 0 Å². The molecule has 2 aliphatic rings. The molecule has 200 valence electrons. The van der Waals surface area contributed by atoms with E-state index >= 15 is 0 Å². The maximum absolute atomic E-state index is 13.2. The number of benzene rings is 2. The highest BCUT2D eigenvalue weighted by Crippen LogP contribution is 2.39. The molecule has 0 bridgehead atoms. The van der Waals surface area contributed by atoms with Gasteiger partial charge in [-0.3, -0.25) is 9.59 Å². The van der Waals surface area contributed by atoms with Gasteiger partial charge in [0.25, 0.3) is 0 Å². The highest BCUT2D eigenvalue weighted by atomic mass is 32.2. The number of piperazine rings is 1. The first-order valence-corrected chi connectivity index (χ1v) is 12.2. The second kappa shape index (κ2) is 10.4. The lowest BCUT2D eigenvalue weighted by Crippen LogP contribution is -2.43. The first-order valence-electron chi connectivity index (χ1n) is 11.4. The highest BCUT2D eigenvalue weighted by molar-refractivity contribution is 7.97. The lowest BCUT2D eigenvalue weighted by Gasteiger charge is -2.36. The van der Waals surface area contributed by atoms with E-state index in [0.717, 1.165) is 28.3 Å². The molecule has 0 spiro atoms. The third-order valence-electron chi connectivity index (χ3n) is 6.21. The molecule has 6 nitrogen and oxygen atoms in total. The number of fused-ring (bicyclic) bond motifs is 1. The second-order valence-corrected chi connectivity index (χ2v) is 9.92.